The molecular weight excluding hydrogens is 416 g/mol. The zero-order valence-corrected chi connectivity index (χ0v) is 19.1. The molecule has 1 saturated heterocycles. The highest BCUT2D eigenvalue weighted by Gasteiger charge is 2.27. The van der Waals surface area contributed by atoms with Crippen molar-refractivity contribution in [3.05, 3.63) is 48.0 Å². The quantitative estimate of drug-likeness (QED) is 0.685. The highest BCUT2D eigenvalue weighted by molar-refractivity contribution is 7.89. The van der Waals surface area contributed by atoms with Gasteiger partial charge in [0.15, 0.2) is 0 Å². The molecule has 1 fully saturated rings. The minimum atomic E-state index is -3.68. The minimum absolute atomic E-state index is 0.00641. The van der Waals surface area contributed by atoms with Gasteiger partial charge in [0.2, 0.25) is 10.0 Å². The Morgan fingerprint density at radius 3 is 2.39 bits per heavy atom. The molecule has 0 radical (unpaired) electrons. The van der Waals surface area contributed by atoms with Crippen molar-refractivity contribution in [2.75, 3.05) is 25.5 Å². The third-order valence-electron chi connectivity index (χ3n) is 5.08. The van der Waals surface area contributed by atoms with Crippen molar-refractivity contribution in [2.45, 2.75) is 50.5 Å². The van der Waals surface area contributed by atoms with Crippen LogP contribution in [0.3, 0.4) is 0 Å². The topological polar surface area (TPSA) is 84.9 Å². The summed E-state index contributed by atoms with van der Waals surface area (Å²) in [5.74, 6) is 0.491. The van der Waals surface area contributed by atoms with Crippen LogP contribution < -0.4 is 14.8 Å². The summed E-state index contributed by atoms with van der Waals surface area (Å²) in [6, 6.07) is 11.5. The van der Waals surface area contributed by atoms with Gasteiger partial charge < -0.3 is 14.8 Å². The molecule has 0 atom stereocenters. The molecule has 0 spiro atoms. The Hall–Kier alpha value is -2.58. The predicted octanol–water partition coefficient (Wildman–Crippen LogP) is 4.30. The van der Waals surface area contributed by atoms with E-state index in [1.807, 2.05) is 19.9 Å². The number of carbonyl (C=O) groups excluding carboxylic acids is 1. The fourth-order valence-electron chi connectivity index (χ4n) is 3.57. The second kappa shape index (κ2) is 10.2. The van der Waals surface area contributed by atoms with Gasteiger partial charge in [-0.05, 0) is 57.0 Å². The number of anilines is 1. The molecule has 0 saturated carbocycles. The number of hydrogen-bond acceptors (Lipinski definition) is 5. The monoisotopic (exact) mass is 446 g/mol. The number of methoxy groups -OCH3 is 1. The SMILES string of the molecule is COc1ccc(S(=O)(=O)N2CCCCCC2)cc1C(=O)Nc1cccc(OC(C)C)c1. The standard InChI is InChI=1S/C23H30N2O5S/c1-17(2)30-19-10-8-9-18(15-19)24-23(26)21-16-20(11-12-22(21)29-3)31(27,28)25-13-6-4-5-7-14-25/h8-12,15-17H,4-7,13-14H2,1-3H3,(H,24,26). The first-order valence-electron chi connectivity index (χ1n) is 10.6. The molecule has 7 nitrogen and oxygen atoms in total. The van der Waals surface area contributed by atoms with Gasteiger partial charge in [0.1, 0.15) is 11.5 Å². The van der Waals surface area contributed by atoms with Crippen LogP contribution >= 0.6 is 0 Å². The predicted molar refractivity (Wildman–Crippen MR) is 120 cm³/mol. The second-order valence-corrected chi connectivity index (χ2v) is 9.77. The number of rotatable bonds is 7. The van der Waals surface area contributed by atoms with E-state index in [-0.39, 0.29) is 16.6 Å². The van der Waals surface area contributed by atoms with Gasteiger partial charge in [-0.3, -0.25) is 4.79 Å². The maximum Gasteiger partial charge on any atom is 0.259 e. The van der Waals surface area contributed by atoms with Gasteiger partial charge >= 0.3 is 0 Å². The molecule has 0 aliphatic carbocycles. The first kappa shape index (κ1) is 23.1. The number of sulfonamides is 1. The van der Waals surface area contributed by atoms with Crippen LogP contribution in [-0.2, 0) is 10.0 Å². The molecule has 0 unspecified atom stereocenters. The number of amides is 1. The molecule has 0 bridgehead atoms. The Kier molecular flexibility index (Phi) is 7.56. The summed E-state index contributed by atoms with van der Waals surface area (Å²) in [6.07, 6.45) is 3.76. The largest absolute Gasteiger partial charge is 0.496 e. The number of hydrogen-bond donors (Lipinski definition) is 1. The van der Waals surface area contributed by atoms with Gasteiger partial charge in [-0.15, -0.1) is 0 Å². The normalized spacial score (nSPS) is 15.4. The summed E-state index contributed by atoms with van der Waals surface area (Å²) in [5, 5.41) is 2.81. The fraction of sp³-hybridized carbons (Fsp3) is 0.435. The molecule has 0 aromatic heterocycles. The Morgan fingerprint density at radius 2 is 1.74 bits per heavy atom. The van der Waals surface area contributed by atoms with Gasteiger partial charge in [-0.2, -0.15) is 4.31 Å². The maximum absolute atomic E-state index is 13.2. The van der Waals surface area contributed by atoms with Crippen molar-refractivity contribution in [1.82, 2.24) is 4.31 Å². The Labute approximate surface area is 184 Å². The molecule has 1 amide bonds. The zero-order chi connectivity index (χ0) is 22.4. The molecule has 168 valence electrons. The van der Waals surface area contributed by atoms with Crippen LogP contribution in [0.4, 0.5) is 5.69 Å². The van der Waals surface area contributed by atoms with E-state index in [9.17, 15) is 13.2 Å². The van der Waals surface area contributed by atoms with Gasteiger partial charge in [0.05, 0.1) is 23.7 Å². The number of carbonyl (C=O) groups is 1. The van der Waals surface area contributed by atoms with Crippen molar-refractivity contribution in [1.29, 1.82) is 0 Å². The van der Waals surface area contributed by atoms with Gasteiger partial charge in [0.25, 0.3) is 5.91 Å². The molecule has 1 aliphatic rings. The lowest BCUT2D eigenvalue weighted by molar-refractivity contribution is 0.102. The van der Waals surface area contributed by atoms with E-state index in [2.05, 4.69) is 5.32 Å². The fourth-order valence-corrected chi connectivity index (χ4v) is 5.12. The number of benzene rings is 2. The van der Waals surface area contributed by atoms with Crippen molar-refractivity contribution >= 4 is 21.6 Å². The van der Waals surface area contributed by atoms with Crippen LogP contribution in [0.5, 0.6) is 11.5 Å². The van der Waals surface area contributed by atoms with Crippen molar-refractivity contribution < 1.29 is 22.7 Å². The lowest BCUT2D eigenvalue weighted by Gasteiger charge is -2.20. The van der Waals surface area contributed by atoms with Crippen LogP contribution in [0.1, 0.15) is 49.9 Å². The first-order valence-corrected chi connectivity index (χ1v) is 12.0. The number of nitrogens with one attached hydrogen (secondary N) is 1. The Bertz CT molecular complexity index is 1010. The van der Waals surface area contributed by atoms with Crippen LogP contribution in [0, 0.1) is 0 Å². The third-order valence-corrected chi connectivity index (χ3v) is 6.98. The van der Waals surface area contributed by atoms with Gasteiger partial charge in [0, 0.05) is 24.8 Å². The van der Waals surface area contributed by atoms with Crippen LogP contribution in [-0.4, -0.2) is 44.9 Å². The average Bonchev–Trinajstić information content (AvgIpc) is 3.03. The lowest BCUT2D eigenvalue weighted by Crippen LogP contribution is -2.32. The van der Waals surface area contributed by atoms with Gasteiger partial charge in [-0.25, -0.2) is 8.42 Å². The Balaban J connectivity index is 1.87. The summed E-state index contributed by atoms with van der Waals surface area (Å²) >= 11 is 0. The summed E-state index contributed by atoms with van der Waals surface area (Å²) in [7, 11) is -2.23. The molecule has 1 N–H and O–H groups in total. The van der Waals surface area contributed by atoms with E-state index in [4.69, 9.17) is 9.47 Å². The molecule has 1 heterocycles. The van der Waals surface area contributed by atoms with Crippen molar-refractivity contribution in [3.8, 4) is 11.5 Å². The van der Waals surface area contributed by atoms with E-state index in [1.165, 1.54) is 29.6 Å². The molecule has 8 heteroatoms. The first-order chi connectivity index (χ1) is 14.8. The second-order valence-electron chi connectivity index (χ2n) is 7.83. The van der Waals surface area contributed by atoms with Crippen LogP contribution in [0.2, 0.25) is 0 Å². The summed E-state index contributed by atoms with van der Waals surface area (Å²) < 4.78 is 38.8. The molecule has 1 aliphatic heterocycles. The smallest absolute Gasteiger partial charge is 0.259 e. The third kappa shape index (κ3) is 5.77. The van der Waals surface area contributed by atoms with Crippen LogP contribution in [0.25, 0.3) is 0 Å². The van der Waals surface area contributed by atoms with E-state index < -0.39 is 15.9 Å². The van der Waals surface area contributed by atoms with E-state index >= 15 is 0 Å². The maximum atomic E-state index is 13.2. The highest BCUT2D eigenvalue weighted by Crippen LogP contribution is 2.27. The Morgan fingerprint density at radius 1 is 1.03 bits per heavy atom. The van der Waals surface area contributed by atoms with E-state index in [0.717, 1.165) is 25.7 Å². The van der Waals surface area contributed by atoms with E-state index in [1.54, 1.807) is 18.2 Å². The average molecular weight is 447 g/mol. The highest BCUT2D eigenvalue weighted by atomic mass is 32.2. The summed E-state index contributed by atoms with van der Waals surface area (Å²) in [4.78, 5) is 13.1. The van der Waals surface area contributed by atoms with Crippen molar-refractivity contribution in [2.24, 2.45) is 0 Å². The summed E-state index contributed by atoms with van der Waals surface area (Å²) in [6.45, 7) is 4.84. The molecule has 3 rings (SSSR count). The van der Waals surface area contributed by atoms with E-state index in [0.29, 0.717) is 30.3 Å². The molecular formula is C23H30N2O5S. The number of nitrogens with zero attached hydrogens (tertiary/aromatic N) is 1. The van der Waals surface area contributed by atoms with Gasteiger partial charge in [-0.1, -0.05) is 18.9 Å². The molecule has 2 aromatic rings. The zero-order valence-electron chi connectivity index (χ0n) is 18.3. The minimum Gasteiger partial charge on any atom is -0.496 e. The number of ether oxygens (including phenoxy) is 2. The summed E-state index contributed by atoms with van der Waals surface area (Å²) in [5.41, 5.74) is 0.708. The molecule has 2 aromatic carbocycles. The lowest BCUT2D eigenvalue weighted by atomic mass is 10.1. The van der Waals surface area contributed by atoms with Crippen molar-refractivity contribution in [3.63, 3.8) is 0 Å². The molecule has 31 heavy (non-hydrogen) atoms. The van der Waals surface area contributed by atoms with Crippen LogP contribution in [0.15, 0.2) is 47.4 Å².